The standard InChI is InChI=1S/C33H46N6O/c1-33(13-6-14-33)32-35-29-10-9-25(24-34-15-18-38-19-21-40-22-20-38)23-28(29)31(36-32)39-16-11-26(12-17-39)27-7-4-5-8-30(27)37(2)3/h4-5,7-10,23,26,34H,6,11-22,24H2,1-3H3. The average molecular weight is 543 g/mol. The number of nitrogens with one attached hydrogen (secondary N) is 1. The summed E-state index contributed by atoms with van der Waals surface area (Å²) < 4.78 is 5.48. The smallest absolute Gasteiger partial charge is 0.140 e. The van der Waals surface area contributed by atoms with Crippen molar-refractivity contribution in [1.82, 2.24) is 20.2 Å². The zero-order valence-corrected chi connectivity index (χ0v) is 24.7. The maximum absolute atomic E-state index is 5.48. The first kappa shape index (κ1) is 27.4. The van der Waals surface area contributed by atoms with Crippen LogP contribution in [0.2, 0.25) is 0 Å². The van der Waals surface area contributed by atoms with Gasteiger partial charge in [-0.25, -0.2) is 9.97 Å². The van der Waals surface area contributed by atoms with Crippen LogP contribution in [0.25, 0.3) is 10.9 Å². The van der Waals surface area contributed by atoms with Gasteiger partial charge in [-0.3, -0.25) is 4.90 Å². The van der Waals surface area contributed by atoms with Gasteiger partial charge in [0.25, 0.3) is 0 Å². The monoisotopic (exact) mass is 542 g/mol. The van der Waals surface area contributed by atoms with Crippen molar-refractivity contribution in [1.29, 1.82) is 0 Å². The zero-order chi connectivity index (χ0) is 27.5. The first-order valence-corrected chi connectivity index (χ1v) is 15.3. The lowest BCUT2D eigenvalue weighted by Crippen LogP contribution is -2.40. The van der Waals surface area contributed by atoms with Gasteiger partial charge in [-0.2, -0.15) is 0 Å². The Morgan fingerprint density at radius 1 is 1.00 bits per heavy atom. The number of aromatic nitrogens is 2. The van der Waals surface area contributed by atoms with Gasteiger partial charge in [0.15, 0.2) is 0 Å². The number of hydrogen-bond acceptors (Lipinski definition) is 7. The number of ether oxygens (including phenoxy) is 1. The van der Waals surface area contributed by atoms with Crippen molar-refractivity contribution >= 4 is 22.4 Å². The summed E-state index contributed by atoms with van der Waals surface area (Å²) in [4.78, 5) is 17.7. The third kappa shape index (κ3) is 5.83. The second-order valence-corrected chi connectivity index (χ2v) is 12.5. The van der Waals surface area contributed by atoms with Gasteiger partial charge < -0.3 is 19.9 Å². The molecule has 7 nitrogen and oxygen atoms in total. The van der Waals surface area contributed by atoms with Gasteiger partial charge in [0, 0.05) is 76.4 Å². The minimum absolute atomic E-state index is 0.117. The fourth-order valence-corrected chi connectivity index (χ4v) is 6.65. The van der Waals surface area contributed by atoms with E-state index in [9.17, 15) is 0 Å². The molecule has 0 atom stereocenters. The van der Waals surface area contributed by atoms with Crippen molar-refractivity contribution in [2.75, 3.05) is 76.4 Å². The Balaban J connectivity index is 1.21. The van der Waals surface area contributed by atoms with Gasteiger partial charge in [0.2, 0.25) is 0 Å². The molecule has 40 heavy (non-hydrogen) atoms. The van der Waals surface area contributed by atoms with Crippen LogP contribution in [0.1, 0.15) is 61.9 Å². The highest BCUT2D eigenvalue weighted by molar-refractivity contribution is 5.90. The molecule has 3 heterocycles. The Morgan fingerprint density at radius 2 is 1.77 bits per heavy atom. The second kappa shape index (κ2) is 12.0. The van der Waals surface area contributed by atoms with Crippen LogP contribution in [-0.2, 0) is 16.7 Å². The quantitative estimate of drug-likeness (QED) is 0.384. The van der Waals surface area contributed by atoms with Gasteiger partial charge in [0.1, 0.15) is 11.6 Å². The lowest BCUT2D eigenvalue weighted by molar-refractivity contribution is 0.0384. The molecule has 0 amide bonds. The molecule has 2 saturated heterocycles. The van der Waals surface area contributed by atoms with E-state index in [-0.39, 0.29) is 5.41 Å². The molecular weight excluding hydrogens is 496 g/mol. The van der Waals surface area contributed by atoms with E-state index in [0.717, 1.165) is 89.0 Å². The normalized spacial score (nSPS) is 20.0. The zero-order valence-electron chi connectivity index (χ0n) is 24.7. The van der Waals surface area contributed by atoms with Gasteiger partial charge >= 0.3 is 0 Å². The van der Waals surface area contributed by atoms with Gasteiger partial charge in [-0.1, -0.05) is 37.6 Å². The van der Waals surface area contributed by atoms with Crippen LogP contribution in [0.3, 0.4) is 0 Å². The third-order valence-corrected chi connectivity index (χ3v) is 9.43. The van der Waals surface area contributed by atoms with E-state index < -0.39 is 0 Å². The topological polar surface area (TPSA) is 56.8 Å². The molecule has 0 unspecified atom stereocenters. The molecule has 0 bridgehead atoms. The fraction of sp³-hybridized carbons (Fsp3) is 0.576. The fourth-order valence-electron chi connectivity index (χ4n) is 6.65. The van der Waals surface area contributed by atoms with Gasteiger partial charge in [0.05, 0.1) is 18.7 Å². The lowest BCUT2D eigenvalue weighted by atomic mass is 9.70. The van der Waals surface area contributed by atoms with Crippen LogP contribution in [0.4, 0.5) is 11.5 Å². The van der Waals surface area contributed by atoms with Crippen LogP contribution in [0.5, 0.6) is 0 Å². The van der Waals surface area contributed by atoms with Gasteiger partial charge in [-0.15, -0.1) is 0 Å². The van der Waals surface area contributed by atoms with E-state index in [2.05, 4.69) is 83.5 Å². The van der Waals surface area contributed by atoms with E-state index in [1.807, 2.05) is 0 Å². The van der Waals surface area contributed by atoms with Crippen LogP contribution in [0.15, 0.2) is 42.5 Å². The van der Waals surface area contributed by atoms with E-state index in [1.54, 1.807) is 0 Å². The number of fused-ring (bicyclic) bond motifs is 1. The van der Waals surface area contributed by atoms with Crippen molar-refractivity contribution in [2.45, 2.75) is 56.9 Å². The summed E-state index contributed by atoms with van der Waals surface area (Å²) in [7, 11) is 4.30. The van der Waals surface area contributed by atoms with Crippen molar-refractivity contribution in [3.8, 4) is 0 Å². The summed E-state index contributed by atoms with van der Waals surface area (Å²) in [6.07, 6.45) is 5.94. The molecule has 214 valence electrons. The maximum Gasteiger partial charge on any atom is 0.140 e. The maximum atomic E-state index is 5.48. The molecule has 3 fully saturated rings. The summed E-state index contributed by atoms with van der Waals surface area (Å²) in [6.45, 7) is 11.1. The molecule has 1 aliphatic carbocycles. The predicted octanol–water partition coefficient (Wildman–Crippen LogP) is 4.94. The lowest BCUT2D eigenvalue weighted by Gasteiger charge is -2.39. The third-order valence-electron chi connectivity index (χ3n) is 9.43. The van der Waals surface area contributed by atoms with E-state index in [1.165, 1.54) is 41.5 Å². The highest BCUT2D eigenvalue weighted by Gasteiger charge is 2.37. The van der Waals surface area contributed by atoms with E-state index in [4.69, 9.17) is 14.7 Å². The Hall–Kier alpha value is -2.74. The highest BCUT2D eigenvalue weighted by Crippen LogP contribution is 2.43. The molecule has 0 radical (unpaired) electrons. The number of morpholine rings is 1. The summed E-state index contributed by atoms with van der Waals surface area (Å²) in [5.41, 5.74) is 5.33. The van der Waals surface area contributed by atoms with Crippen molar-refractivity contribution in [2.24, 2.45) is 0 Å². The number of nitrogens with zero attached hydrogens (tertiary/aromatic N) is 5. The minimum atomic E-state index is 0.117. The van der Waals surface area contributed by atoms with E-state index in [0.29, 0.717) is 5.92 Å². The molecular formula is C33H46N6O. The SMILES string of the molecule is CN(C)c1ccccc1C1CCN(c2nc(C3(C)CCC3)nc3ccc(CNCCN4CCOCC4)cc23)CC1. The Labute approximate surface area is 239 Å². The Bertz CT molecular complexity index is 1290. The van der Waals surface area contributed by atoms with E-state index >= 15 is 0 Å². The molecule has 3 aromatic rings. The molecule has 2 aliphatic heterocycles. The summed E-state index contributed by atoms with van der Waals surface area (Å²) in [6, 6.07) is 15.7. The second-order valence-electron chi connectivity index (χ2n) is 12.5. The van der Waals surface area contributed by atoms with Crippen LogP contribution in [-0.4, -0.2) is 81.4 Å². The molecule has 0 spiro atoms. The van der Waals surface area contributed by atoms with Gasteiger partial charge in [-0.05, 0) is 60.9 Å². The molecule has 1 saturated carbocycles. The number of hydrogen-bond donors (Lipinski definition) is 1. The number of rotatable bonds is 9. The minimum Gasteiger partial charge on any atom is -0.379 e. The number of anilines is 2. The number of para-hydroxylation sites is 1. The molecule has 1 N–H and O–H groups in total. The summed E-state index contributed by atoms with van der Waals surface area (Å²) in [5.74, 6) is 2.76. The first-order valence-electron chi connectivity index (χ1n) is 15.3. The Morgan fingerprint density at radius 3 is 2.50 bits per heavy atom. The predicted molar refractivity (Wildman–Crippen MR) is 165 cm³/mol. The summed E-state index contributed by atoms with van der Waals surface area (Å²) >= 11 is 0. The highest BCUT2D eigenvalue weighted by atomic mass is 16.5. The van der Waals surface area contributed by atoms with Crippen LogP contribution >= 0.6 is 0 Å². The molecule has 3 aliphatic rings. The average Bonchev–Trinajstić information content (AvgIpc) is 2.98. The first-order chi connectivity index (χ1) is 19.5. The number of benzene rings is 2. The summed E-state index contributed by atoms with van der Waals surface area (Å²) in [5, 5.41) is 4.86. The largest absolute Gasteiger partial charge is 0.379 e. The van der Waals surface area contributed by atoms with Crippen LogP contribution < -0.4 is 15.1 Å². The van der Waals surface area contributed by atoms with Crippen molar-refractivity contribution in [3.63, 3.8) is 0 Å². The molecule has 1 aromatic heterocycles. The molecule has 6 rings (SSSR count). The Kier molecular flexibility index (Phi) is 8.24. The molecule has 2 aromatic carbocycles. The van der Waals surface area contributed by atoms with Crippen LogP contribution in [0, 0.1) is 0 Å². The molecule has 7 heteroatoms. The van der Waals surface area contributed by atoms with Crippen molar-refractivity contribution < 1.29 is 4.74 Å². The van der Waals surface area contributed by atoms with Crippen molar-refractivity contribution in [3.05, 3.63) is 59.4 Å². The number of piperidine rings is 1.